The molecule has 88 valence electrons. The molecule has 0 aromatic heterocycles. The molecule has 0 saturated carbocycles. The molecule has 0 saturated heterocycles. The summed E-state index contributed by atoms with van der Waals surface area (Å²) >= 11 is 0. The van der Waals surface area contributed by atoms with Crippen LogP contribution in [0.5, 0.6) is 5.75 Å². The number of ether oxygens (including phenoxy) is 1. The quantitative estimate of drug-likeness (QED) is 0.743. The number of benzene rings is 2. The number of fused-ring (bicyclic) bond motifs is 1. The lowest BCUT2D eigenvalue weighted by Gasteiger charge is -2.07. The summed E-state index contributed by atoms with van der Waals surface area (Å²) in [5.74, 6) is 0.956. The predicted molar refractivity (Wildman–Crippen MR) is 69.7 cm³/mol. The van der Waals surface area contributed by atoms with Crippen molar-refractivity contribution in [1.82, 2.24) is 0 Å². The Morgan fingerprint density at radius 3 is 2.76 bits per heavy atom. The predicted octanol–water partition coefficient (Wildman–Crippen LogP) is 3.83. The highest BCUT2D eigenvalue weighted by Crippen LogP contribution is 2.24. The zero-order valence-corrected chi connectivity index (χ0v) is 10.2. The Bertz CT molecular complexity index is 544. The van der Waals surface area contributed by atoms with Crippen molar-refractivity contribution in [3.8, 4) is 5.75 Å². The highest BCUT2D eigenvalue weighted by Gasteiger charge is 2.05. The van der Waals surface area contributed by atoms with Crippen molar-refractivity contribution in [2.45, 2.75) is 20.3 Å². The van der Waals surface area contributed by atoms with Crippen LogP contribution in [0.4, 0.5) is 0 Å². The highest BCUT2D eigenvalue weighted by atomic mass is 16.5. The third-order valence-electron chi connectivity index (χ3n) is 2.70. The Morgan fingerprint density at radius 1 is 1.24 bits per heavy atom. The largest absolute Gasteiger partial charge is 0.494 e. The van der Waals surface area contributed by atoms with Gasteiger partial charge < -0.3 is 4.74 Å². The van der Waals surface area contributed by atoms with Crippen molar-refractivity contribution in [2.75, 3.05) is 6.61 Å². The Kier molecular flexibility index (Phi) is 3.43. The normalized spacial score (nSPS) is 10.5. The van der Waals surface area contributed by atoms with E-state index in [9.17, 15) is 4.79 Å². The van der Waals surface area contributed by atoms with E-state index in [2.05, 4.69) is 6.92 Å². The zero-order valence-electron chi connectivity index (χ0n) is 10.2. The van der Waals surface area contributed by atoms with Gasteiger partial charge in [0.2, 0.25) is 0 Å². The maximum absolute atomic E-state index is 11.5. The van der Waals surface area contributed by atoms with Gasteiger partial charge in [-0.05, 0) is 42.3 Å². The Hall–Kier alpha value is -1.83. The van der Waals surface area contributed by atoms with E-state index in [1.54, 1.807) is 6.92 Å². The first-order chi connectivity index (χ1) is 8.22. The lowest BCUT2D eigenvalue weighted by atomic mass is 10.0. The van der Waals surface area contributed by atoms with Gasteiger partial charge in [-0.2, -0.15) is 0 Å². The summed E-state index contributed by atoms with van der Waals surface area (Å²) in [7, 11) is 0. The minimum atomic E-state index is 0.0952. The molecule has 0 heterocycles. The van der Waals surface area contributed by atoms with Crippen molar-refractivity contribution in [3.05, 3.63) is 42.0 Å². The van der Waals surface area contributed by atoms with Gasteiger partial charge >= 0.3 is 0 Å². The van der Waals surface area contributed by atoms with E-state index in [0.29, 0.717) is 0 Å². The molecule has 0 unspecified atom stereocenters. The van der Waals surface area contributed by atoms with Gasteiger partial charge in [0, 0.05) is 5.56 Å². The molecule has 0 bridgehead atoms. The van der Waals surface area contributed by atoms with Crippen LogP contribution in [0.15, 0.2) is 36.4 Å². The van der Waals surface area contributed by atoms with E-state index < -0.39 is 0 Å². The van der Waals surface area contributed by atoms with Crippen LogP contribution in [-0.2, 0) is 0 Å². The van der Waals surface area contributed by atoms with Crippen LogP contribution in [0, 0.1) is 0 Å². The summed E-state index contributed by atoms with van der Waals surface area (Å²) in [5, 5.41) is 2.04. The van der Waals surface area contributed by atoms with E-state index >= 15 is 0 Å². The molecule has 0 atom stereocenters. The zero-order chi connectivity index (χ0) is 12.3. The second kappa shape index (κ2) is 5.00. The molecule has 0 amide bonds. The molecule has 2 rings (SSSR count). The van der Waals surface area contributed by atoms with Gasteiger partial charge in [-0.15, -0.1) is 0 Å². The lowest BCUT2D eigenvalue weighted by molar-refractivity contribution is 0.101. The van der Waals surface area contributed by atoms with Crippen LogP contribution in [0.1, 0.15) is 30.6 Å². The number of rotatable bonds is 4. The molecular weight excluding hydrogens is 212 g/mol. The smallest absolute Gasteiger partial charge is 0.160 e. The molecule has 0 aliphatic carbocycles. The van der Waals surface area contributed by atoms with Gasteiger partial charge in [0.05, 0.1) is 6.61 Å². The number of carbonyl (C=O) groups is 1. The molecular formula is C15H16O2. The SMILES string of the molecule is CCCOc1ccc2c(C(C)=O)cccc2c1. The third-order valence-corrected chi connectivity index (χ3v) is 2.70. The van der Waals surface area contributed by atoms with Crippen molar-refractivity contribution in [2.24, 2.45) is 0 Å². The summed E-state index contributed by atoms with van der Waals surface area (Å²) in [5.41, 5.74) is 0.768. The minimum Gasteiger partial charge on any atom is -0.494 e. The van der Waals surface area contributed by atoms with Crippen molar-refractivity contribution >= 4 is 16.6 Å². The van der Waals surface area contributed by atoms with E-state index in [1.807, 2.05) is 36.4 Å². The van der Waals surface area contributed by atoms with Gasteiger partial charge in [-0.3, -0.25) is 4.79 Å². The molecule has 0 aliphatic rings. The Balaban J connectivity index is 2.45. The van der Waals surface area contributed by atoms with Gasteiger partial charge in [-0.25, -0.2) is 0 Å². The Morgan fingerprint density at radius 2 is 2.06 bits per heavy atom. The van der Waals surface area contributed by atoms with Gasteiger partial charge in [0.25, 0.3) is 0 Å². The fraction of sp³-hybridized carbons (Fsp3) is 0.267. The van der Waals surface area contributed by atoms with Crippen LogP contribution in [0.2, 0.25) is 0 Å². The molecule has 2 heteroatoms. The van der Waals surface area contributed by atoms with E-state index in [1.165, 1.54) is 0 Å². The van der Waals surface area contributed by atoms with Crippen LogP contribution < -0.4 is 4.74 Å². The number of ketones is 1. The Labute approximate surface area is 101 Å². The van der Waals surface area contributed by atoms with Crippen LogP contribution in [0.25, 0.3) is 10.8 Å². The summed E-state index contributed by atoms with van der Waals surface area (Å²) in [6.45, 7) is 4.39. The van der Waals surface area contributed by atoms with Gasteiger partial charge in [0.15, 0.2) is 5.78 Å². The number of carbonyl (C=O) groups excluding carboxylic acids is 1. The first-order valence-electron chi connectivity index (χ1n) is 5.89. The average molecular weight is 228 g/mol. The van der Waals surface area contributed by atoms with E-state index in [4.69, 9.17) is 4.74 Å². The fourth-order valence-corrected chi connectivity index (χ4v) is 1.88. The average Bonchev–Trinajstić information content (AvgIpc) is 2.35. The van der Waals surface area contributed by atoms with Gasteiger partial charge in [-0.1, -0.05) is 25.1 Å². The topological polar surface area (TPSA) is 26.3 Å². The molecule has 17 heavy (non-hydrogen) atoms. The van der Waals surface area contributed by atoms with Gasteiger partial charge in [0.1, 0.15) is 5.75 Å². The van der Waals surface area contributed by atoms with Crippen molar-refractivity contribution in [1.29, 1.82) is 0 Å². The molecule has 0 radical (unpaired) electrons. The molecule has 0 fully saturated rings. The number of Topliss-reactive ketones (excluding diaryl/α,β-unsaturated/α-hetero) is 1. The second-order valence-corrected chi connectivity index (χ2v) is 4.09. The van der Waals surface area contributed by atoms with Crippen molar-refractivity contribution in [3.63, 3.8) is 0 Å². The minimum absolute atomic E-state index is 0.0952. The van der Waals surface area contributed by atoms with Crippen LogP contribution >= 0.6 is 0 Å². The first-order valence-corrected chi connectivity index (χ1v) is 5.89. The summed E-state index contributed by atoms with van der Waals surface area (Å²) < 4.78 is 5.58. The van der Waals surface area contributed by atoms with Crippen LogP contribution in [0.3, 0.4) is 0 Å². The molecule has 2 aromatic rings. The first kappa shape index (κ1) is 11.6. The molecule has 2 aromatic carbocycles. The molecule has 2 nitrogen and oxygen atoms in total. The lowest BCUT2D eigenvalue weighted by Crippen LogP contribution is -1.96. The molecule has 0 aliphatic heterocycles. The molecule has 0 spiro atoms. The maximum atomic E-state index is 11.5. The standard InChI is InChI=1S/C15H16O2/c1-3-9-17-13-7-8-15-12(10-13)5-4-6-14(15)11(2)16/h4-8,10H,3,9H2,1-2H3. The summed E-state index contributed by atoms with van der Waals surface area (Å²) in [6, 6.07) is 11.6. The second-order valence-electron chi connectivity index (χ2n) is 4.09. The number of hydrogen-bond acceptors (Lipinski definition) is 2. The summed E-state index contributed by atoms with van der Waals surface area (Å²) in [6.07, 6.45) is 0.992. The molecule has 0 N–H and O–H groups in total. The summed E-state index contributed by atoms with van der Waals surface area (Å²) in [4.78, 5) is 11.5. The van der Waals surface area contributed by atoms with Crippen molar-refractivity contribution < 1.29 is 9.53 Å². The number of hydrogen-bond donors (Lipinski definition) is 0. The third kappa shape index (κ3) is 2.47. The van der Waals surface area contributed by atoms with E-state index in [-0.39, 0.29) is 5.78 Å². The van der Waals surface area contributed by atoms with E-state index in [0.717, 1.165) is 35.1 Å². The fourth-order valence-electron chi connectivity index (χ4n) is 1.88. The maximum Gasteiger partial charge on any atom is 0.160 e. The van der Waals surface area contributed by atoms with Crippen LogP contribution in [-0.4, -0.2) is 12.4 Å². The monoisotopic (exact) mass is 228 g/mol. The highest BCUT2D eigenvalue weighted by molar-refractivity contribution is 6.07.